The lowest BCUT2D eigenvalue weighted by Crippen LogP contribution is -2.14. The summed E-state index contributed by atoms with van der Waals surface area (Å²) >= 11 is 11.3. The Balaban J connectivity index is 0.00000225. The Labute approximate surface area is 108 Å². The summed E-state index contributed by atoms with van der Waals surface area (Å²) in [5, 5.41) is 9.78. The molecule has 0 heterocycles. The smallest absolute Gasteiger partial charge is 0.240 e. The van der Waals surface area contributed by atoms with Crippen LogP contribution in [0, 0.1) is 0 Å². The third-order valence-electron chi connectivity index (χ3n) is 1.88. The zero-order valence-corrected chi connectivity index (χ0v) is 10.3. The molecular formula is C9H10Cl3F2NO. The van der Waals surface area contributed by atoms with Crippen molar-refractivity contribution in [2.24, 2.45) is 5.73 Å². The van der Waals surface area contributed by atoms with Crippen molar-refractivity contribution in [1.29, 1.82) is 0 Å². The van der Waals surface area contributed by atoms with Gasteiger partial charge in [-0.05, 0) is 12.1 Å². The standard InChI is InChI=1S/C9H9Cl2F2NO.ClH/c10-4-1-5(11)9(7(15)2-4)6(14)3-8(12)13;/h1-2,6,8,15H,3,14H2;1H/t6-;/m0./s1. The lowest BCUT2D eigenvalue weighted by molar-refractivity contribution is 0.128. The second-order valence-electron chi connectivity index (χ2n) is 3.05. The van der Waals surface area contributed by atoms with E-state index in [9.17, 15) is 13.9 Å². The average molecular weight is 293 g/mol. The monoisotopic (exact) mass is 291 g/mol. The number of alkyl halides is 2. The Kier molecular flexibility index (Phi) is 6.33. The number of phenolic OH excluding ortho intramolecular Hbond substituents is 1. The topological polar surface area (TPSA) is 46.2 Å². The number of benzene rings is 1. The summed E-state index contributed by atoms with van der Waals surface area (Å²) < 4.78 is 24.2. The molecule has 3 N–H and O–H groups in total. The molecule has 0 radical (unpaired) electrons. The van der Waals surface area contributed by atoms with Gasteiger partial charge in [0.05, 0.1) is 5.02 Å². The molecule has 0 aliphatic heterocycles. The maximum Gasteiger partial charge on any atom is 0.240 e. The summed E-state index contributed by atoms with van der Waals surface area (Å²) in [5.74, 6) is -0.263. The highest BCUT2D eigenvalue weighted by atomic mass is 35.5. The molecule has 0 aromatic heterocycles. The van der Waals surface area contributed by atoms with E-state index < -0.39 is 18.9 Å². The van der Waals surface area contributed by atoms with Gasteiger partial charge in [-0.1, -0.05) is 23.2 Å². The molecule has 1 rings (SSSR count). The first-order valence-electron chi connectivity index (χ1n) is 4.13. The molecule has 2 nitrogen and oxygen atoms in total. The van der Waals surface area contributed by atoms with Crippen molar-refractivity contribution in [3.8, 4) is 5.75 Å². The normalized spacial score (nSPS) is 12.4. The van der Waals surface area contributed by atoms with E-state index in [2.05, 4.69) is 0 Å². The third-order valence-corrected chi connectivity index (χ3v) is 2.41. The Bertz CT molecular complexity index is 340. The quantitative estimate of drug-likeness (QED) is 0.890. The predicted molar refractivity (Wildman–Crippen MR) is 62.9 cm³/mol. The molecule has 0 aliphatic rings. The summed E-state index contributed by atoms with van der Waals surface area (Å²) in [5.41, 5.74) is 5.58. The van der Waals surface area contributed by atoms with Crippen LogP contribution >= 0.6 is 35.6 Å². The predicted octanol–water partition coefficient (Wildman–Crippen LogP) is 3.78. The number of aromatic hydroxyl groups is 1. The maximum atomic E-state index is 12.1. The van der Waals surface area contributed by atoms with Crippen molar-refractivity contribution >= 4 is 35.6 Å². The van der Waals surface area contributed by atoms with Gasteiger partial charge in [-0.2, -0.15) is 0 Å². The summed E-state index contributed by atoms with van der Waals surface area (Å²) in [4.78, 5) is 0. The first-order valence-corrected chi connectivity index (χ1v) is 4.89. The van der Waals surface area contributed by atoms with Crippen LogP contribution < -0.4 is 5.73 Å². The van der Waals surface area contributed by atoms with E-state index in [-0.39, 0.29) is 33.8 Å². The van der Waals surface area contributed by atoms with E-state index in [0.29, 0.717) is 0 Å². The Hall–Kier alpha value is -0.290. The van der Waals surface area contributed by atoms with Crippen LogP contribution in [0.25, 0.3) is 0 Å². The van der Waals surface area contributed by atoms with Gasteiger partial charge in [0.1, 0.15) is 5.75 Å². The zero-order chi connectivity index (χ0) is 11.6. The highest BCUT2D eigenvalue weighted by Gasteiger charge is 2.19. The highest BCUT2D eigenvalue weighted by molar-refractivity contribution is 6.35. The van der Waals surface area contributed by atoms with Crippen LogP contribution in [-0.2, 0) is 0 Å². The SMILES string of the molecule is Cl.N[C@@H](CC(F)F)c1c(O)cc(Cl)cc1Cl. The number of rotatable bonds is 3. The summed E-state index contributed by atoms with van der Waals surface area (Å²) in [7, 11) is 0. The van der Waals surface area contributed by atoms with Crippen molar-refractivity contribution < 1.29 is 13.9 Å². The molecule has 0 fully saturated rings. The Morgan fingerprint density at radius 1 is 1.31 bits per heavy atom. The van der Waals surface area contributed by atoms with Crippen molar-refractivity contribution in [3.63, 3.8) is 0 Å². The zero-order valence-electron chi connectivity index (χ0n) is 7.96. The maximum absolute atomic E-state index is 12.1. The lowest BCUT2D eigenvalue weighted by Gasteiger charge is -2.15. The molecule has 0 spiro atoms. The van der Waals surface area contributed by atoms with E-state index in [1.54, 1.807) is 0 Å². The molecule has 0 saturated heterocycles. The van der Waals surface area contributed by atoms with Crippen LogP contribution in [0.15, 0.2) is 12.1 Å². The first-order chi connectivity index (χ1) is 6.91. The number of halogens is 5. The number of nitrogens with two attached hydrogens (primary N) is 1. The van der Waals surface area contributed by atoms with Gasteiger partial charge in [0.15, 0.2) is 0 Å². The van der Waals surface area contributed by atoms with Gasteiger partial charge >= 0.3 is 0 Å². The molecule has 0 amide bonds. The van der Waals surface area contributed by atoms with E-state index in [1.165, 1.54) is 12.1 Å². The van der Waals surface area contributed by atoms with Crippen molar-refractivity contribution in [2.45, 2.75) is 18.9 Å². The van der Waals surface area contributed by atoms with Crippen molar-refractivity contribution in [3.05, 3.63) is 27.7 Å². The van der Waals surface area contributed by atoms with Crippen LogP contribution in [0.4, 0.5) is 8.78 Å². The van der Waals surface area contributed by atoms with Crippen LogP contribution in [0.3, 0.4) is 0 Å². The minimum Gasteiger partial charge on any atom is -0.508 e. The average Bonchev–Trinajstić information content (AvgIpc) is 1.99. The fourth-order valence-corrected chi connectivity index (χ4v) is 1.87. The van der Waals surface area contributed by atoms with Gasteiger partial charge in [0, 0.05) is 23.0 Å². The highest BCUT2D eigenvalue weighted by Crippen LogP contribution is 2.35. The fraction of sp³-hybridized carbons (Fsp3) is 0.333. The lowest BCUT2D eigenvalue weighted by atomic mass is 10.0. The molecule has 0 bridgehead atoms. The number of hydrogen-bond acceptors (Lipinski definition) is 2. The number of phenols is 1. The van der Waals surface area contributed by atoms with Crippen molar-refractivity contribution in [2.75, 3.05) is 0 Å². The molecule has 1 aromatic carbocycles. The summed E-state index contributed by atoms with van der Waals surface area (Å²) in [6.07, 6.45) is -3.11. The van der Waals surface area contributed by atoms with E-state index >= 15 is 0 Å². The Morgan fingerprint density at radius 2 is 1.88 bits per heavy atom. The molecule has 7 heteroatoms. The van der Waals surface area contributed by atoms with Crippen molar-refractivity contribution in [1.82, 2.24) is 0 Å². The molecule has 0 saturated carbocycles. The molecular weight excluding hydrogens is 282 g/mol. The molecule has 0 unspecified atom stereocenters. The second kappa shape index (κ2) is 6.45. The van der Waals surface area contributed by atoms with Gasteiger partial charge in [-0.25, -0.2) is 8.78 Å². The molecule has 1 atom stereocenters. The molecule has 16 heavy (non-hydrogen) atoms. The fourth-order valence-electron chi connectivity index (χ4n) is 1.25. The first kappa shape index (κ1) is 15.7. The second-order valence-corrected chi connectivity index (χ2v) is 3.90. The molecule has 92 valence electrons. The Morgan fingerprint density at radius 3 is 2.31 bits per heavy atom. The number of hydrogen-bond donors (Lipinski definition) is 2. The third kappa shape index (κ3) is 3.94. The van der Waals surface area contributed by atoms with E-state index in [0.717, 1.165) is 0 Å². The molecule has 1 aromatic rings. The molecule has 0 aliphatic carbocycles. The summed E-state index contributed by atoms with van der Waals surface area (Å²) in [6, 6.07) is 1.56. The van der Waals surface area contributed by atoms with Crippen LogP contribution in [0.1, 0.15) is 18.0 Å². The van der Waals surface area contributed by atoms with Crippen LogP contribution in [0.2, 0.25) is 10.0 Å². The van der Waals surface area contributed by atoms with Gasteiger partial charge in [0.25, 0.3) is 0 Å². The van der Waals surface area contributed by atoms with Crippen LogP contribution in [0.5, 0.6) is 5.75 Å². The minimum atomic E-state index is -2.55. The van der Waals surface area contributed by atoms with Gasteiger partial charge in [0.2, 0.25) is 6.43 Å². The van der Waals surface area contributed by atoms with Gasteiger partial charge in [-0.15, -0.1) is 12.4 Å². The van der Waals surface area contributed by atoms with Crippen LogP contribution in [-0.4, -0.2) is 11.5 Å². The summed E-state index contributed by atoms with van der Waals surface area (Å²) in [6.45, 7) is 0. The van der Waals surface area contributed by atoms with Gasteiger partial charge < -0.3 is 10.8 Å². The van der Waals surface area contributed by atoms with Gasteiger partial charge in [-0.3, -0.25) is 0 Å². The van der Waals surface area contributed by atoms with E-state index in [1.807, 2.05) is 0 Å². The minimum absolute atomic E-state index is 0. The largest absolute Gasteiger partial charge is 0.508 e. The van der Waals surface area contributed by atoms with E-state index in [4.69, 9.17) is 28.9 Å².